The van der Waals surface area contributed by atoms with Crippen LogP contribution in [0.3, 0.4) is 0 Å². The van der Waals surface area contributed by atoms with Gasteiger partial charge in [-0.1, -0.05) is 54.6 Å². The first kappa shape index (κ1) is 16.9. The number of ether oxygens (including phenoxy) is 1. The average Bonchev–Trinajstić information content (AvgIpc) is 2.72. The van der Waals surface area contributed by atoms with E-state index in [1.165, 1.54) is 0 Å². The van der Waals surface area contributed by atoms with Crippen molar-refractivity contribution in [3.8, 4) is 11.1 Å². The zero-order valence-electron chi connectivity index (χ0n) is 14.9. The van der Waals surface area contributed by atoms with Crippen molar-refractivity contribution in [1.82, 2.24) is 9.97 Å². The summed E-state index contributed by atoms with van der Waals surface area (Å²) in [6.45, 7) is 2.15. The van der Waals surface area contributed by atoms with Crippen molar-refractivity contribution in [2.45, 2.75) is 13.5 Å². The zero-order chi connectivity index (χ0) is 18.6. The van der Waals surface area contributed by atoms with E-state index in [4.69, 9.17) is 4.74 Å². The van der Waals surface area contributed by atoms with Gasteiger partial charge in [0, 0.05) is 11.6 Å². The van der Waals surface area contributed by atoms with E-state index in [9.17, 15) is 4.79 Å². The molecule has 4 rings (SSSR count). The predicted molar refractivity (Wildman–Crippen MR) is 105 cm³/mol. The Kier molecular flexibility index (Phi) is 4.62. The fourth-order valence-electron chi connectivity index (χ4n) is 2.90. The van der Waals surface area contributed by atoms with Gasteiger partial charge in [0.2, 0.25) is 0 Å². The van der Waals surface area contributed by atoms with Crippen LogP contribution in [0.25, 0.3) is 22.0 Å². The smallest absolute Gasteiger partial charge is 0.338 e. The summed E-state index contributed by atoms with van der Waals surface area (Å²) in [6, 6.07) is 23.1. The summed E-state index contributed by atoms with van der Waals surface area (Å²) in [4.78, 5) is 20.9. The van der Waals surface area contributed by atoms with E-state index >= 15 is 0 Å². The Morgan fingerprint density at radius 3 is 2.44 bits per heavy atom. The molecule has 0 fully saturated rings. The van der Waals surface area contributed by atoms with Gasteiger partial charge in [-0.2, -0.15) is 0 Å². The zero-order valence-corrected chi connectivity index (χ0v) is 14.9. The highest BCUT2D eigenvalue weighted by atomic mass is 16.5. The Morgan fingerprint density at radius 2 is 1.67 bits per heavy atom. The Balaban J connectivity index is 1.50. The van der Waals surface area contributed by atoms with E-state index in [0.717, 1.165) is 33.4 Å². The van der Waals surface area contributed by atoms with E-state index in [1.54, 1.807) is 12.1 Å². The summed E-state index contributed by atoms with van der Waals surface area (Å²) in [7, 11) is 0. The molecule has 0 aliphatic carbocycles. The van der Waals surface area contributed by atoms with Crippen molar-refractivity contribution in [2.75, 3.05) is 0 Å². The maximum absolute atomic E-state index is 12.2. The molecule has 0 aliphatic heterocycles. The van der Waals surface area contributed by atoms with Gasteiger partial charge >= 0.3 is 5.97 Å². The van der Waals surface area contributed by atoms with Crippen LogP contribution in [0, 0.1) is 6.92 Å². The minimum absolute atomic E-state index is 0.269. The van der Waals surface area contributed by atoms with Crippen LogP contribution >= 0.6 is 0 Å². The maximum atomic E-state index is 12.2. The number of rotatable bonds is 4. The third-order valence-electron chi connectivity index (χ3n) is 4.37. The first-order chi connectivity index (χ1) is 13.2. The van der Waals surface area contributed by atoms with Crippen LogP contribution in [0.1, 0.15) is 21.7 Å². The van der Waals surface area contributed by atoms with Crippen LogP contribution in [0.4, 0.5) is 0 Å². The normalized spacial score (nSPS) is 10.7. The standard InChI is InChI=1S/C23H18N2O2/c1-16-24-14-21-12-11-20(13-22(21)25-16)18-7-9-19(10-8-18)23(26)27-15-17-5-3-2-4-6-17/h2-14H,15H2,1H3. The molecule has 1 aromatic heterocycles. The van der Waals surface area contributed by atoms with Gasteiger partial charge in [-0.25, -0.2) is 14.8 Å². The second-order valence-electron chi connectivity index (χ2n) is 6.33. The maximum Gasteiger partial charge on any atom is 0.338 e. The number of hydrogen-bond acceptors (Lipinski definition) is 4. The number of aryl methyl sites for hydroxylation is 1. The van der Waals surface area contributed by atoms with Gasteiger partial charge in [-0.3, -0.25) is 0 Å². The molecule has 0 N–H and O–H groups in total. The Labute approximate surface area is 157 Å². The van der Waals surface area contributed by atoms with Crippen LogP contribution in [0.5, 0.6) is 0 Å². The summed E-state index contributed by atoms with van der Waals surface area (Å²) in [5.41, 5.74) is 4.48. The van der Waals surface area contributed by atoms with Crippen LogP contribution in [-0.2, 0) is 11.3 Å². The van der Waals surface area contributed by atoms with E-state index in [0.29, 0.717) is 5.56 Å². The second kappa shape index (κ2) is 7.38. The number of benzene rings is 3. The minimum Gasteiger partial charge on any atom is -0.457 e. The van der Waals surface area contributed by atoms with Crippen molar-refractivity contribution in [3.05, 3.63) is 95.9 Å². The number of fused-ring (bicyclic) bond motifs is 1. The lowest BCUT2D eigenvalue weighted by molar-refractivity contribution is 0.0473. The highest BCUT2D eigenvalue weighted by Gasteiger charge is 2.08. The number of esters is 1. The summed E-state index contributed by atoms with van der Waals surface area (Å²) < 4.78 is 5.37. The number of carbonyl (C=O) groups is 1. The molecular formula is C23H18N2O2. The van der Waals surface area contributed by atoms with E-state index in [2.05, 4.69) is 9.97 Å². The Bertz CT molecular complexity index is 1090. The largest absolute Gasteiger partial charge is 0.457 e. The highest BCUT2D eigenvalue weighted by molar-refractivity contribution is 5.90. The van der Waals surface area contributed by atoms with Gasteiger partial charge in [-0.15, -0.1) is 0 Å². The quantitative estimate of drug-likeness (QED) is 0.486. The third-order valence-corrected chi connectivity index (χ3v) is 4.37. The molecule has 0 atom stereocenters. The summed E-state index contributed by atoms with van der Waals surface area (Å²) in [5.74, 6) is 0.420. The molecular weight excluding hydrogens is 336 g/mol. The Hall–Kier alpha value is -3.53. The molecule has 0 radical (unpaired) electrons. The fraction of sp³-hybridized carbons (Fsp3) is 0.0870. The molecule has 0 bridgehead atoms. The van der Waals surface area contributed by atoms with E-state index < -0.39 is 0 Å². The summed E-state index contributed by atoms with van der Waals surface area (Å²) in [5, 5.41) is 1.01. The van der Waals surface area contributed by atoms with Gasteiger partial charge < -0.3 is 4.74 Å². The molecule has 27 heavy (non-hydrogen) atoms. The molecule has 0 amide bonds. The summed E-state index contributed by atoms with van der Waals surface area (Å²) in [6.07, 6.45) is 1.83. The third kappa shape index (κ3) is 3.85. The van der Waals surface area contributed by atoms with Crippen molar-refractivity contribution in [1.29, 1.82) is 0 Å². The van der Waals surface area contributed by atoms with E-state index in [1.807, 2.05) is 73.8 Å². The van der Waals surface area contributed by atoms with Crippen LogP contribution in [0.15, 0.2) is 79.0 Å². The molecule has 1 heterocycles. The van der Waals surface area contributed by atoms with Gasteiger partial charge in [-0.05, 0) is 41.8 Å². The SMILES string of the molecule is Cc1ncc2ccc(-c3ccc(C(=O)OCc4ccccc4)cc3)cc2n1. The fourth-order valence-corrected chi connectivity index (χ4v) is 2.90. The number of aromatic nitrogens is 2. The monoisotopic (exact) mass is 354 g/mol. The van der Waals surface area contributed by atoms with E-state index in [-0.39, 0.29) is 12.6 Å². The van der Waals surface area contributed by atoms with Gasteiger partial charge in [0.1, 0.15) is 12.4 Å². The number of hydrogen-bond donors (Lipinski definition) is 0. The molecule has 4 aromatic rings. The first-order valence-electron chi connectivity index (χ1n) is 8.74. The lowest BCUT2D eigenvalue weighted by Crippen LogP contribution is -2.05. The lowest BCUT2D eigenvalue weighted by atomic mass is 10.0. The van der Waals surface area contributed by atoms with Crippen LogP contribution < -0.4 is 0 Å². The molecule has 0 saturated heterocycles. The van der Waals surface area contributed by atoms with Gasteiger partial charge in [0.15, 0.2) is 0 Å². The van der Waals surface area contributed by atoms with Gasteiger partial charge in [0.05, 0.1) is 11.1 Å². The molecule has 0 unspecified atom stereocenters. The molecule has 0 aliphatic rings. The second-order valence-corrected chi connectivity index (χ2v) is 6.33. The average molecular weight is 354 g/mol. The molecule has 3 aromatic carbocycles. The van der Waals surface area contributed by atoms with Gasteiger partial charge in [0.25, 0.3) is 0 Å². The topological polar surface area (TPSA) is 52.1 Å². The molecule has 0 spiro atoms. The Morgan fingerprint density at radius 1 is 0.926 bits per heavy atom. The predicted octanol–water partition coefficient (Wildman–Crippen LogP) is 4.96. The molecule has 0 saturated carbocycles. The number of nitrogens with zero attached hydrogens (tertiary/aromatic N) is 2. The first-order valence-corrected chi connectivity index (χ1v) is 8.74. The number of carbonyl (C=O) groups excluding carboxylic acids is 1. The van der Waals surface area contributed by atoms with Crippen LogP contribution in [-0.4, -0.2) is 15.9 Å². The van der Waals surface area contributed by atoms with Crippen LogP contribution in [0.2, 0.25) is 0 Å². The van der Waals surface area contributed by atoms with Crippen molar-refractivity contribution >= 4 is 16.9 Å². The van der Waals surface area contributed by atoms with Crippen molar-refractivity contribution < 1.29 is 9.53 Å². The van der Waals surface area contributed by atoms with Crippen molar-refractivity contribution in [3.63, 3.8) is 0 Å². The molecule has 4 heteroatoms. The highest BCUT2D eigenvalue weighted by Crippen LogP contribution is 2.24. The molecule has 4 nitrogen and oxygen atoms in total. The molecule has 132 valence electrons. The minimum atomic E-state index is -0.327. The lowest BCUT2D eigenvalue weighted by Gasteiger charge is -2.07. The summed E-state index contributed by atoms with van der Waals surface area (Å²) >= 11 is 0. The van der Waals surface area contributed by atoms with Crippen molar-refractivity contribution in [2.24, 2.45) is 0 Å².